The van der Waals surface area contributed by atoms with Gasteiger partial charge in [0, 0.05) is 45.7 Å². The lowest BCUT2D eigenvalue weighted by Gasteiger charge is -2.35. The Labute approximate surface area is 187 Å². The molecule has 1 saturated heterocycles. The second-order valence-electron chi connectivity index (χ2n) is 8.52. The molecule has 1 atom stereocenters. The van der Waals surface area contributed by atoms with Crippen LogP contribution in [0.1, 0.15) is 5.56 Å². The fraction of sp³-hybridized carbons (Fsp3) is 0.375. The number of para-hydroxylation sites is 2. The lowest BCUT2D eigenvalue weighted by atomic mass is 10.0. The van der Waals surface area contributed by atoms with Crippen LogP contribution in [0.2, 0.25) is 0 Å². The van der Waals surface area contributed by atoms with Crippen molar-refractivity contribution in [3.8, 4) is 0 Å². The summed E-state index contributed by atoms with van der Waals surface area (Å²) in [5.74, 6) is 0.609. The summed E-state index contributed by atoms with van der Waals surface area (Å²) in [6.07, 6.45) is 0.460. The van der Waals surface area contributed by atoms with Crippen molar-refractivity contribution in [3.05, 3.63) is 60.2 Å². The summed E-state index contributed by atoms with van der Waals surface area (Å²) in [6, 6.07) is 16.8. The number of carbonyl (C=O) groups excluding carboxylic acids is 2. The number of rotatable bonds is 4. The molecule has 1 N–H and O–H groups in total. The molecule has 0 spiro atoms. The first-order valence-electron chi connectivity index (χ1n) is 11.1. The number of imidazole rings is 1. The predicted octanol–water partition coefficient (Wildman–Crippen LogP) is 1.95. The normalized spacial score (nSPS) is 17.4. The number of hydrogen-bond donors (Lipinski definition) is 1. The summed E-state index contributed by atoms with van der Waals surface area (Å²) in [4.78, 5) is 37.1. The van der Waals surface area contributed by atoms with Gasteiger partial charge in [-0.05, 0) is 24.7 Å². The van der Waals surface area contributed by atoms with Gasteiger partial charge in [-0.2, -0.15) is 0 Å². The van der Waals surface area contributed by atoms with Crippen LogP contribution in [0.5, 0.6) is 0 Å². The molecular formula is C24H28N6O2. The van der Waals surface area contributed by atoms with E-state index in [1.807, 2.05) is 59.5 Å². The number of urea groups is 1. The van der Waals surface area contributed by atoms with Crippen LogP contribution in [0.4, 0.5) is 10.7 Å². The van der Waals surface area contributed by atoms with Gasteiger partial charge >= 0.3 is 6.03 Å². The molecule has 2 aliphatic heterocycles. The molecule has 0 unspecified atom stereocenters. The van der Waals surface area contributed by atoms with Crippen molar-refractivity contribution in [2.75, 3.05) is 44.7 Å². The topological polar surface area (TPSA) is 73.7 Å². The van der Waals surface area contributed by atoms with E-state index < -0.39 is 6.04 Å². The lowest BCUT2D eigenvalue weighted by Crippen LogP contribution is -2.56. The van der Waals surface area contributed by atoms with Gasteiger partial charge in [0.2, 0.25) is 11.9 Å². The van der Waals surface area contributed by atoms with Gasteiger partial charge in [0.05, 0.1) is 11.0 Å². The van der Waals surface area contributed by atoms with Crippen molar-refractivity contribution >= 4 is 28.9 Å². The highest BCUT2D eigenvalue weighted by Gasteiger charge is 2.33. The quantitative estimate of drug-likeness (QED) is 0.684. The molecular weight excluding hydrogens is 404 g/mol. The first-order valence-corrected chi connectivity index (χ1v) is 11.1. The number of carbonyl (C=O) groups is 2. The molecule has 0 bridgehead atoms. The van der Waals surface area contributed by atoms with Crippen LogP contribution < -0.4 is 10.2 Å². The predicted molar refractivity (Wildman–Crippen MR) is 124 cm³/mol. The van der Waals surface area contributed by atoms with E-state index >= 15 is 0 Å². The molecule has 8 heteroatoms. The monoisotopic (exact) mass is 432 g/mol. The summed E-state index contributed by atoms with van der Waals surface area (Å²) in [7, 11) is 2.06. The van der Waals surface area contributed by atoms with Crippen LogP contribution in [0, 0.1) is 0 Å². The van der Waals surface area contributed by atoms with E-state index in [0.717, 1.165) is 29.7 Å². The summed E-state index contributed by atoms with van der Waals surface area (Å²) in [5.41, 5.74) is 2.91. The molecule has 5 rings (SSSR count). The fourth-order valence-electron chi connectivity index (χ4n) is 4.51. The molecule has 166 valence electrons. The Kier molecular flexibility index (Phi) is 5.53. The average Bonchev–Trinajstić information content (AvgIpc) is 3.39. The molecule has 2 aromatic carbocycles. The maximum Gasteiger partial charge on any atom is 0.324 e. The second kappa shape index (κ2) is 8.63. The maximum absolute atomic E-state index is 13.4. The van der Waals surface area contributed by atoms with Crippen molar-refractivity contribution < 1.29 is 9.59 Å². The van der Waals surface area contributed by atoms with Gasteiger partial charge in [0.25, 0.3) is 0 Å². The smallest absolute Gasteiger partial charge is 0.324 e. The van der Waals surface area contributed by atoms with Gasteiger partial charge in [-0.15, -0.1) is 0 Å². The summed E-state index contributed by atoms with van der Waals surface area (Å²) >= 11 is 0. The van der Waals surface area contributed by atoms with Crippen LogP contribution >= 0.6 is 0 Å². The highest BCUT2D eigenvalue weighted by Crippen LogP contribution is 2.27. The molecule has 2 aliphatic rings. The number of amides is 3. The summed E-state index contributed by atoms with van der Waals surface area (Å²) < 4.78 is 2.06. The number of likely N-dealkylation sites (N-methyl/N-ethyl adjacent to an activating group) is 1. The molecule has 0 radical (unpaired) electrons. The van der Waals surface area contributed by atoms with E-state index in [-0.39, 0.29) is 11.9 Å². The van der Waals surface area contributed by atoms with Gasteiger partial charge < -0.3 is 19.7 Å². The number of benzene rings is 2. The largest absolute Gasteiger partial charge is 0.338 e. The Balaban J connectivity index is 1.36. The first-order chi connectivity index (χ1) is 15.6. The van der Waals surface area contributed by atoms with Crippen molar-refractivity contribution in [1.29, 1.82) is 0 Å². The van der Waals surface area contributed by atoms with Gasteiger partial charge in [0.1, 0.15) is 6.04 Å². The zero-order valence-electron chi connectivity index (χ0n) is 18.3. The Bertz CT molecular complexity index is 1120. The van der Waals surface area contributed by atoms with E-state index in [0.29, 0.717) is 38.5 Å². The number of anilines is 1. The minimum atomic E-state index is -0.619. The number of aromatic nitrogens is 2. The Hall–Kier alpha value is -3.39. The molecule has 3 heterocycles. The number of fused-ring (bicyclic) bond motifs is 3. The van der Waals surface area contributed by atoms with Crippen LogP contribution in [0.25, 0.3) is 11.0 Å². The third-order valence-electron chi connectivity index (χ3n) is 6.36. The van der Waals surface area contributed by atoms with E-state index in [1.165, 1.54) is 0 Å². The molecule has 1 aromatic heterocycles. The van der Waals surface area contributed by atoms with E-state index in [2.05, 4.69) is 26.8 Å². The fourth-order valence-corrected chi connectivity index (χ4v) is 4.51. The second-order valence-corrected chi connectivity index (χ2v) is 8.52. The van der Waals surface area contributed by atoms with Crippen molar-refractivity contribution in [1.82, 2.24) is 24.7 Å². The Morgan fingerprint density at radius 1 is 0.938 bits per heavy atom. The number of piperazine rings is 1. The SMILES string of the molecule is CN1CCN(C(=O)[C@H](Cc2ccccc2)NC(=O)N2CCn3c2nc2ccccc23)CC1. The van der Waals surface area contributed by atoms with E-state index in [9.17, 15) is 9.59 Å². The Morgan fingerprint density at radius 3 is 2.44 bits per heavy atom. The zero-order chi connectivity index (χ0) is 22.1. The van der Waals surface area contributed by atoms with Crippen LogP contribution in [0.15, 0.2) is 54.6 Å². The Morgan fingerprint density at radius 2 is 1.66 bits per heavy atom. The number of hydrogen-bond acceptors (Lipinski definition) is 4. The summed E-state index contributed by atoms with van der Waals surface area (Å²) in [5, 5.41) is 3.03. The minimum absolute atomic E-state index is 0.0250. The molecule has 0 aliphatic carbocycles. The van der Waals surface area contributed by atoms with Crippen molar-refractivity contribution in [2.24, 2.45) is 0 Å². The standard InChI is InChI=1S/C24H28N6O2/c1-27-11-13-28(14-12-27)22(31)20(17-18-7-3-2-4-8-18)26-24(32)30-16-15-29-21-10-6-5-9-19(21)25-23(29)30/h2-10,20H,11-17H2,1H3,(H,26,32)/t20-/m0/s1. The van der Waals surface area contributed by atoms with E-state index in [4.69, 9.17) is 0 Å². The van der Waals surface area contributed by atoms with Crippen LogP contribution in [-0.2, 0) is 17.8 Å². The lowest BCUT2D eigenvalue weighted by molar-refractivity contribution is -0.134. The van der Waals surface area contributed by atoms with E-state index in [1.54, 1.807) is 4.90 Å². The van der Waals surface area contributed by atoms with Gasteiger partial charge in [-0.25, -0.2) is 9.78 Å². The minimum Gasteiger partial charge on any atom is -0.338 e. The maximum atomic E-state index is 13.4. The molecule has 3 amide bonds. The molecule has 32 heavy (non-hydrogen) atoms. The zero-order valence-corrected chi connectivity index (χ0v) is 18.3. The van der Waals surface area contributed by atoms with Gasteiger partial charge in [-0.1, -0.05) is 42.5 Å². The van der Waals surface area contributed by atoms with Crippen LogP contribution in [0.3, 0.4) is 0 Å². The summed E-state index contributed by atoms with van der Waals surface area (Å²) in [6.45, 7) is 4.27. The number of nitrogens with zero attached hydrogens (tertiary/aromatic N) is 5. The molecule has 1 fully saturated rings. The molecule has 0 saturated carbocycles. The van der Waals surface area contributed by atoms with Crippen molar-refractivity contribution in [3.63, 3.8) is 0 Å². The highest BCUT2D eigenvalue weighted by atomic mass is 16.2. The highest BCUT2D eigenvalue weighted by molar-refractivity contribution is 5.96. The molecule has 3 aromatic rings. The van der Waals surface area contributed by atoms with Crippen LogP contribution in [-0.4, -0.2) is 77.1 Å². The third kappa shape index (κ3) is 3.93. The third-order valence-corrected chi connectivity index (χ3v) is 6.36. The van der Waals surface area contributed by atoms with Crippen molar-refractivity contribution in [2.45, 2.75) is 19.0 Å². The molecule has 8 nitrogen and oxygen atoms in total. The number of nitrogens with one attached hydrogen (secondary N) is 1. The first kappa shape index (κ1) is 20.5. The van der Waals surface area contributed by atoms with Gasteiger partial charge in [0.15, 0.2) is 0 Å². The average molecular weight is 433 g/mol. The van der Waals surface area contributed by atoms with Gasteiger partial charge in [-0.3, -0.25) is 9.69 Å².